The van der Waals surface area contributed by atoms with Crippen LogP contribution >= 0.6 is 0 Å². The molecule has 0 saturated heterocycles. The standard InChI is InChI=1S/C83H104N6O11/c1-57(2)20-18-21-58(3)71-43-44-72-70-42-33-64-55-69(47-49-81(64,4)73(70)48-50-82(71,72)5)98-53-19-51-84-76(90)45-46-77(91)87-75(54-59-22-10-7-11-23-59)79(93)88-74(78(92)86-65-34-29-60(30-35-65)56-99-80(94)100-68-40-36-66(37-41-68)89(95)96)28-16-17-52-85-83(61-24-12-8-13-25-61,62-26-14-9-15-27-62)63-31-38-67(97-6)39-32-63/h7-15,22-27,29-41,57-58,69-75,85H,16-21,28,42-56H2,1-6H3,(H,84,90)(H,86,92)(H,87,91)(H,88,93)/t58-,69?,70+,71-,72+,73+,74-,75+,81+,82-/m1/s1. The van der Waals surface area contributed by atoms with Crippen molar-refractivity contribution in [1.29, 1.82) is 0 Å². The second-order valence-electron chi connectivity index (χ2n) is 29.3. The van der Waals surface area contributed by atoms with Gasteiger partial charge >= 0.3 is 6.16 Å². The number of carbonyl (C=O) groups is 5. The molecule has 3 saturated carbocycles. The minimum absolute atomic E-state index is 0.0737. The van der Waals surface area contributed by atoms with E-state index in [1.165, 1.54) is 82.1 Å². The predicted octanol–water partition coefficient (Wildman–Crippen LogP) is 15.9. The molecule has 0 heterocycles. The van der Waals surface area contributed by atoms with E-state index in [-0.39, 0.29) is 61.2 Å². The number of ether oxygens (including phenoxy) is 4. The van der Waals surface area contributed by atoms with Gasteiger partial charge < -0.3 is 40.2 Å². The zero-order valence-electron chi connectivity index (χ0n) is 59.4. The molecule has 0 spiro atoms. The number of nitro benzene ring substituents is 1. The SMILES string of the molecule is COc1ccc(C(NCCCC[C@@H](NC(=O)[C@H](Cc2ccccc2)NC(=O)CCC(=O)NCCCOC2CC[C@@]3(C)C(=CC[C@H]4[C@@H]5CC[C@H]([C@H](C)CCCC(C)C)[C@@]5(C)CC[C@@H]43)C2)C(=O)Nc2ccc(COC(=O)Oc3ccc([N+](=O)[O-])cc3)cc2)(c2ccccc2)c2ccccc2)cc1. The van der Waals surface area contributed by atoms with Crippen molar-refractivity contribution in [1.82, 2.24) is 21.3 Å². The van der Waals surface area contributed by atoms with Crippen LogP contribution in [0.4, 0.5) is 16.2 Å². The molecule has 6 aromatic carbocycles. The van der Waals surface area contributed by atoms with Crippen molar-refractivity contribution in [2.45, 2.75) is 181 Å². The van der Waals surface area contributed by atoms with Gasteiger partial charge in [0.05, 0.1) is 23.7 Å². The van der Waals surface area contributed by atoms with Gasteiger partial charge in [0.15, 0.2) is 0 Å². The highest BCUT2D eigenvalue weighted by Gasteiger charge is 2.59. The van der Waals surface area contributed by atoms with Crippen LogP contribution in [0.1, 0.15) is 172 Å². The van der Waals surface area contributed by atoms with Crippen molar-refractivity contribution in [3.63, 3.8) is 0 Å². The number of nitro groups is 1. The number of allylic oxidation sites excluding steroid dienone is 1. The first-order valence-electron chi connectivity index (χ1n) is 36.6. The third kappa shape index (κ3) is 18.8. The van der Waals surface area contributed by atoms with E-state index < -0.39 is 46.4 Å². The Morgan fingerprint density at radius 3 is 1.96 bits per heavy atom. The number of carbonyl (C=O) groups excluding carboxylic acids is 5. The number of non-ortho nitro benzene ring substituents is 1. The number of methoxy groups -OCH3 is 1. The summed E-state index contributed by atoms with van der Waals surface area (Å²) in [5.41, 5.74) is 6.22. The summed E-state index contributed by atoms with van der Waals surface area (Å²) in [4.78, 5) is 79.5. The third-order valence-electron chi connectivity index (χ3n) is 22.5. The van der Waals surface area contributed by atoms with Gasteiger partial charge in [-0.2, -0.15) is 0 Å². The number of benzene rings is 6. The van der Waals surface area contributed by atoms with Gasteiger partial charge in [-0.1, -0.05) is 181 Å². The first-order valence-corrected chi connectivity index (χ1v) is 36.6. The molecular formula is C83H104N6O11. The molecule has 17 nitrogen and oxygen atoms in total. The normalized spacial score (nSPS) is 21.7. The molecule has 10 rings (SSSR count). The van der Waals surface area contributed by atoms with E-state index in [9.17, 15) is 34.1 Å². The highest BCUT2D eigenvalue weighted by atomic mass is 16.7. The van der Waals surface area contributed by atoms with Gasteiger partial charge in [-0.25, -0.2) is 4.79 Å². The van der Waals surface area contributed by atoms with Crippen LogP contribution in [0.3, 0.4) is 0 Å². The molecule has 17 heteroatoms. The molecule has 0 radical (unpaired) electrons. The number of hydrogen-bond donors (Lipinski definition) is 5. The molecule has 5 N–H and O–H groups in total. The Kier molecular flexibility index (Phi) is 26.0. The summed E-state index contributed by atoms with van der Waals surface area (Å²) in [7, 11) is 1.64. The van der Waals surface area contributed by atoms with Gasteiger partial charge in [0.2, 0.25) is 23.6 Å². The number of amides is 4. The predicted molar refractivity (Wildman–Crippen MR) is 390 cm³/mol. The number of nitrogens with one attached hydrogen (secondary N) is 5. The molecule has 4 amide bonds. The topological polar surface area (TPSA) is 226 Å². The number of hydrogen-bond acceptors (Lipinski definition) is 12. The lowest BCUT2D eigenvalue weighted by molar-refractivity contribution is -0.384. The van der Waals surface area contributed by atoms with Crippen LogP contribution in [0.15, 0.2) is 175 Å². The third-order valence-corrected chi connectivity index (χ3v) is 22.5. The fourth-order valence-corrected chi connectivity index (χ4v) is 17.1. The molecule has 4 aliphatic carbocycles. The van der Waals surface area contributed by atoms with E-state index in [4.69, 9.17) is 18.9 Å². The van der Waals surface area contributed by atoms with Crippen LogP contribution in [0.25, 0.3) is 0 Å². The van der Waals surface area contributed by atoms with Crippen molar-refractivity contribution in [3.8, 4) is 11.5 Å². The maximum absolute atomic E-state index is 14.7. The first kappa shape index (κ1) is 74.0. The number of unbranched alkanes of at least 4 members (excludes halogenated alkanes) is 1. The van der Waals surface area contributed by atoms with E-state index in [1.807, 2.05) is 78.9 Å². The number of rotatable bonds is 34. The van der Waals surface area contributed by atoms with Crippen molar-refractivity contribution >= 4 is 41.2 Å². The molecule has 100 heavy (non-hydrogen) atoms. The van der Waals surface area contributed by atoms with Crippen molar-refractivity contribution in [3.05, 3.63) is 213 Å². The molecule has 0 aliphatic heterocycles. The number of fused-ring (bicyclic) bond motifs is 5. The monoisotopic (exact) mass is 1360 g/mol. The van der Waals surface area contributed by atoms with E-state index in [0.29, 0.717) is 55.6 Å². The lowest BCUT2D eigenvalue weighted by Gasteiger charge is -2.58. The smallest absolute Gasteiger partial charge is 0.497 e. The van der Waals surface area contributed by atoms with Crippen molar-refractivity contribution in [2.24, 2.45) is 46.3 Å². The second-order valence-corrected chi connectivity index (χ2v) is 29.3. The highest BCUT2D eigenvalue weighted by molar-refractivity contribution is 5.98. The molecule has 3 fully saturated rings. The van der Waals surface area contributed by atoms with Crippen LogP contribution < -0.4 is 36.1 Å². The number of nitrogens with zero attached hydrogens (tertiary/aromatic N) is 1. The summed E-state index contributed by atoms with van der Waals surface area (Å²) in [5, 5.41) is 26.8. The molecule has 532 valence electrons. The van der Waals surface area contributed by atoms with Gasteiger partial charge in [0.1, 0.15) is 30.2 Å². The van der Waals surface area contributed by atoms with Gasteiger partial charge in [-0.3, -0.25) is 34.6 Å². The Hall–Kier alpha value is -8.67. The zero-order chi connectivity index (χ0) is 70.7. The van der Waals surface area contributed by atoms with E-state index in [2.05, 4.69) is 104 Å². The second kappa shape index (κ2) is 35.1. The van der Waals surface area contributed by atoms with Crippen LogP contribution in [0.2, 0.25) is 0 Å². The molecule has 0 aromatic heterocycles. The molecular weight excluding hydrogens is 1260 g/mol. The Labute approximate surface area is 591 Å². The van der Waals surface area contributed by atoms with E-state index >= 15 is 0 Å². The summed E-state index contributed by atoms with van der Waals surface area (Å²) in [5.74, 6) is 3.81. The van der Waals surface area contributed by atoms with Gasteiger partial charge in [0, 0.05) is 50.2 Å². The number of anilines is 1. The zero-order valence-corrected chi connectivity index (χ0v) is 59.4. The lowest BCUT2D eigenvalue weighted by atomic mass is 9.47. The summed E-state index contributed by atoms with van der Waals surface area (Å²) in [6.07, 6.45) is 17.6. The Morgan fingerprint density at radius 1 is 0.630 bits per heavy atom. The fraction of sp³-hybridized carbons (Fsp3) is 0.482. The Morgan fingerprint density at radius 2 is 1.29 bits per heavy atom. The molecule has 10 atom stereocenters. The largest absolute Gasteiger partial charge is 0.514 e. The molecule has 6 aromatic rings. The minimum atomic E-state index is -1.10. The van der Waals surface area contributed by atoms with Gasteiger partial charge in [0.25, 0.3) is 5.69 Å². The molecule has 4 aliphatic rings. The Balaban J connectivity index is 0.735. The van der Waals surface area contributed by atoms with Crippen LogP contribution in [0.5, 0.6) is 11.5 Å². The summed E-state index contributed by atoms with van der Waals surface area (Å²) in [6.45, 7) is 13.8. The van der Waals surface area contributed by atoms with Crippen molar-refractivity contribution < 1.29 is 47.8 Å². The van der Waals surface area contributed by atoms with Gasteiger partial charge in [-0.15, -0.1) is 0 Å². The van der Waals surface area contributed by atoms with E-state index in [0.717, 1.165) is 76.4 Å². The van der Waals surface area contributed by atoms with Crippen LogP contribution in [0, 0.1) is 56.5 Å². The highest BCUT2D eigenvalue weighted by Crippen LogP contribution is 2.67. The average molecular weight is 1360 g/mol. The summed E-state index contributed by atoms with van der Waals surface area (Å²) in [6, 6.07) is 47.3. The van der Waals surface area contributed by atoms with Crippen LogP contribution in [-0.4, -0.2) is 79.7 Å². The molecule has 1 unspecified atom stereocenters. The molecule has 0 bridgehead atoms. The lowest BCUT2D eigenvalue weighted by Crippen LogP contribution is -2.53. The Bertz CT molecular complexity index is 3650. The quantitative estimate of drug-likeness (QED) is 0.00484. The van der Waals surface area contributed by atoms with Gasteiger partial charge in [-0.05, 0) is 194 Å². The van der Waals surface area contributed by atoms with Crippen molar-refractivity contribution in [2.75, 3.05) is 32.1 Å². The maximum Gasteiger partial charge on any atom is 0.514 e. The fourth-order valence-electron chi connectivity index (χ4n) is 17.1. The average Bonchev–Trinajstić information content (AvgIpc) is 1.40. The first-order chi connectivity index (χ1) is 48.3. The van der Waals surface area contributed by atoms with Crippen LogP contribution in [-0.2, 0) is 47.2 Å². The summed E-state index contributed by atoms with van der Waals surface area (Å²) < 4.78 is 22.6. The summed E-state index contributed by atoms with van der Waals surface area (Å²) >= 11 is 0. The maximum atomic E-state index is 14.7. The minimum Gasteiger partial charge on any atom is -0.497 e. The van der Waals surface area contributed by atoms with E-state index in [1.54, 1.807) is 36.9 Å².